The fourth-order valence-electron chi connectivity index (χ4n) is 4.96. The molecule has 0 unspecified atom stereocenters. The summed E-state index contributed by atoms with van der Waals surface area (Å²) < 4.78 is 11.9. The zero-order valence-corrected chi connectivity index (χ0v) is 18.0. The molecule has 27 heavy (non-hydrogen) atoms. The molecular weight excluding hydrogens is 362 g/mol. The average Bonchev–Trinajstić information content (AvgIpc) is 3.00. The van der Waals surface area contributed by atoms with E-state index in [9.17, 15) is 4.79 Å². The van der Waals surface area contributed by atoms with Gasteiger partial charge in [-0.3, -0.25) is 4.79 Å². The monoisotopic (exact) mass is 393 g/mol. The molecule has 0 radical (unpaired) electrons. The van der Waals surface area contributed by atoms with Crippen molar-refractivity contribution >= 4 is 17.5 Å². The fourth-order valence-corrected chi connectivity index (χ4v) is 5.07. The molecule has 1 saturated carbocycles. The molecule has 1 spiro atoms. The average molecular weight is 394 g/mol. The highest BCUT2D eigenvalue weighted by Crippen LogP contribution is 2.46. The molecule has 1 amide bonds. The Labute approximate surface area is 168 Å². The third-order valence-corrected chi connectivity index (χ3v) is 6.90. The van der Waals surface area contributed by atoms with Gasteiger partial charge >= 0.3 is 0 Å². The number of amides is 1. The minimum atomic E-state index is -0.924. The lowest BCUT2D eigenvalue weighted by Gasteiger charge is -2.45. The first-order chi connectivity index (χ1) is 12.7. The van der Waals surface area contributed by atoms with E-state index in [4.69, 9.17) is 21.1 Å². The number of aryl methyl sites for hydroxylation is 2. The second-order valence-corrected chi connectivity index (χ2v) is 9.17. The number of likely N-dealkylation sites (tertiary alicyclic amines) is 1. The van der Waals surface area contributed by atoms with Gasteiger partial charge in [0, 0.05) is 30.6 Å². The molecule has 150 valence electrons. The lowest BCUT2D eigenvalue weighted by atomic mass is 9.76. The molecule has 4 nitrogen and oxygen atoms in total. The molecule has 1 aromatic rings. The van der Waals surface area contributed by atoms with Crippen molar-refractivity contribution in [1.82, 2.24) is 4.90 Å². The van der Waals surface area contributed by atoms with Crippen LogP contribution in [0.25, 0.3) is 0 Å². The van der Waals surface area contributed by atoms with Crippen LogP contribution in [-0.2, 0) is 9.53 Å². The van der Waals surface area contributed by atoms with Crippen molar-refractivity contribution in [3.63, 3.8) is 0 Å². The molecule has 1 saturated heterocycles. The van der Waals surface area contributed by atoms with E-state index < -0.39 is 5.60 Å². The molecule has 3 rings (SSSR count). The Morgan fingerprint density at radius 2 is 1.85 bits per heavy atom. The van der Waals surface area contributed by atoms with Crippen LogP contribution in [0, 0.1) is 19.3 Å². The number of carbonyl (C=O) groups excluding carboxylic acids is 1. The minimum absolute atomic E-state index is 0.0496. The summed E-state index contributed by atoms with van der Waals surface area (Å²) in [5.41, 5.74) is 1.11. The maximum atomic E-state index is 13.3. The zero-order chi connectivity index (χ0) is 19.8. The van der Waals surface area contributed by atoms with Crippen LogP contribution in [0.4, 0.5) is 0 Å². The second kappa shape index (κ2) is 7.63. The topological polar surface area (TPSA) is 38.8 Å². The number of hydrogen-bond donors (Lipinski definition) is 0. The zero-order valence-electron chi connectivity index (χ0n) is 17.2. The van der Waals surface area contributed by atoms with Gasteiger partial charge in [0.2, 0.25) is 0 Å². The predicted octanol–water partition coefficient (Wildman–Crippen LogP) is 4.92. The number of carbonyl (C=O) groups is 1. The number of halogens is 1. The number of nitrogens with zero attached hydrogens (tertiary/aromatic N) is 1. The van der Waals surface area contributed by atoms with Gasteiger partial charge in [-0.2, -0.15) is 0 Å². The Morgan fingerprint density at radius 1 is 1.22 bits per heavy atom. The van der Waals surface area contributed by atoms with Gasteiger partial charge in [0.15, 0.2) is 5.60 Å². The van der Waals surface area contributed by atoms with Gasteiger partial charge in [-0.15, -0.1) is 0 Å². The molecule has 2 aliphatic rings. The quantitative estimate of drug-likeness (QED) is 0.728. The Kier molecular flexibility index (Phi) is 5.79. The van der Waals surface area contributed by atoms with Crippen LogP contribution >= 0.6 is 11.6 Å². The summed E-state index contributed by atoms with van der Waals surface area (Å²) >= 11 is 6.26. The molecule has 1 aliphatic carbocycles. The van der Waals surface area contributed by atoms with Crippen LogP contribution in [0.15, 0.2) is 12.1 Å². The van der Waals surface area contributed by atoms with E-state index in [1.54, 1.807) is 7.11 Å². The van der Waals surface area contributed by atoms with Crippen molar-refractivity contribution in [3.05, 3.63) is 28.3 Å². The molecule has 0 aromatic heterocycles. The standard InChI is InChI=1S/C22H32ClNO3/c1-15-12-17(13-16(2)19(15)23)27-21(3,4)20(25)24-11-7-10-22(14-24)9-6-8-18(22)26-5/h12-13,18H,6-11,14H2,1-5H3/t18-,22-/m1/s1. The van der Waals surface area contributed by atoms with Crippen molar-refractivity contribution in [1.29, 1.82) is 0 Å². The molecule has 2 atom stereocenters. The summed E-state index contributed by atoms with van der Waals surface area (Å²) in [6, 6.07) is 3.81. The van der Waals surface area contributed by atoms with Crippen LogP contribution in [-0.4, -0.2) is 42.7 Å². The van der Waals surface area contributed by atoms with E-state index in [-0.39, 0.29) is 17.4 Å². The van der Waals surface area contributed by atoms with E-state index in [0.29, 0.717) is 5.75 Å². The SMILES string of the molecule is CO[C@@H]1CCC[C@]12CCCN(C(=O)C(C)(C)Oc1cc(C)c(Cl)c(C)c1)C2. The molecule has 1 heterocycles. The van der Waals surface area contributed by atoms with Crippen LogP contribution in [0.5, 0.6) is 5.75 Å². The number of hydrogen-bond acceptors (Lipinski definition) is 3. The van der Waals surface area contributed by atoms with Crippen molar-refractivity contribution in [2.24, 2.45) is 5.41 Å². The molecule has 0 bridgehead atoms. The van der Waals surface area contributed by atoms with Crippen molar-refractivity contribution < 1.29 is 14.3 Å². The van der Waals surface area contributed by atoms with Gasteiger partial charge in [0.05, 0.1) is 6.10 Å². The van der Waals surface area contributed by atoms with Crippen molar-refractivity contribution in [3.8, 4) is 5.75 Å². The van der Waals surface area contributed by atoms with Crippen LogP contribution in [0.3, 0.4) is 0 Å². The number of piperidine rings is 1. The predicted molar refractivity (Wildman–Crippen MR) is 109 cm³/mol. The van der Waals surface area contributed by atoms with Crippen LogP contribution in [0.1, 0.15) is 57.1 Å². The van der Waals surface area contributed by atoms with Crippen LogP contribution in [0.2, 0.25) is 5.02 Å². The van der Waals surface area contributed by atoms with Crippen LogP contribution < -0.4 is 4.74 Å². The molecule has 5 heteroatoms. The summed E-state index contributed by atoms with van der Waals surface area (Å²) in [5, 5.41) is 0.747. The number of benzene rings is 1. The Balaban J connectivity index is 1.75. The second-order valence-electron chi connectivity index (χ2n) is 8.79. The molecule has 1 aliphatic heterocycles. The molecule has 1 aromatic carbocycles. The van der Waals surface area contributed by atoms with Crippen molar-refractivity contribution in [2.75, 3.05) is 20.2 Å². The van der Waals surface area contributed by atoms with Gasteiger partial charge in [0.1, 0.15) is 5.75 Å². The number of rotatable bonds is 4. The highest BCUT2D eigenvalue weighted by atomic mass is 35.5. The van der Waals surface area contributed by atoms with E-state index >= 15 is 0 Å². The highest BCUT2D eigenvalue weighted by molar-refractivity contribution is 6.32. The highest BCUT2D eigenvalue weighted by Gasteiger charge is 2.48. The first kappa shape index (κ1) is 20.5. The van der Waals surface area contributed by atoms with Gasteiger partial charge in [-0.05, 0) is 76.6 Å². The van der Waals surface area contributed by atoms with E-state index in [0.717, 1.165) is 54.9 Å². The molecular formula is C22H32ClNO3. The molecule has 0 N–H and O–H groups in total. The third kappa shape index (κ3) is 3.97. The number of ether oxygens (including phenoxy) is 2. The van der Waals surface area contributed by atoms with E-state index in [1.807, 2.05) is 44.7 Å². The van der Waals surface area contributed by atoms with Gasteiger partial charge in [-0.25, -0.2) is 0 Å². The summed E-state index contributed by atoms with van der Waals surface area (Å²) in [6.45, 7) is 9.20. The summed E-state index contributed by atoms with van der Waals surface area (Å²) in [6.07, 6.45) is 5.86. The lowest BCUT2D eigenvalue weighted by molar-refractivity contribution is -0.151. The maximum absolute atomic E-state index is 13.3. The first-order valence-corrected chi connectivity index (χ1v) is 10.3. The summed E-state index contributed by atoms with van der Waals surface area (Å²) in [7, 11) is 1.80. The normalized spacial score (nSPS) is 25.9. The smallest absolute Gasteiger partial charge is 0.266 e. The minimum Gasteiger partial charge on any atom is -0.478 e. The van der Waals surface area contributed by atoms with E-state index in [1.165, 1.54) is 6.42 Å². The van der Waals surface area contributed by atoms with E-state index in [2.05, 4.69) is 0 Å². The van der Waals surface area contributed by atoms with Gasteiger partial charge in [-0.1, -0.05) is 18.0 Å². The largest absolute Gasteiger partial charge is 0.478 e. The molecule has 2 fully saturated rings. The lowest BCUT2D eigenvalue weighted by Crippen LogP contribution is -2.56. The van der Waals surface area contributed by atoms with Gasteiger partial charge in [0.25, 0.3) is 5.91 Å². The Bertz CT molecular complexity index is 695. The summed E-state index contributed by atoms with van der Waals surface area (Å²) in [5.74, 6) is 0.740. The fraction of sp³-hybridized carbons (Fsp3) is 0.682. The Morgan fingerprint density at radius 3 is 2.48 bits per heavy atom. The third-order valence-electron chi connectivity index (χ3n) is 6.30. The maximum Gasteiger partial charge on any atom is 0.266 e. The Hall–Kier alpha value is -1.26. The number of methoxy groups -OCH3 is 1. The van der Waals surface area contributed by atoms with Gasteiger partial charge < -0.3 is 14.4 Å². The first-order valence-electron chi connectivity index (χ1n) is 9.96. The summed E-state index contributed by atoms with van der Waals surface area (Å²) in [4.78, 5) is 15.3. The van der Waals surface area contributed by atoms with Crippen molar-refractivity contribution in [2.45, 2.75) is 71.5 Å².